The lowest BCUT2D eigenvalue weighted by Crippen LogP contribution is -2.43. The number of rotatable bonds is 9. The Morgan fingerprint density at radius 2 is 1.67 bits per heavy atom. The molecule has 11 nitrogen and oxygen atoms in total. The lowest BCUT2D eigenvalue weighted by molar-refractivity contribution is -0.127. The molecule has 1 atom stereocenters. The van der Waals surface area contributed by atoms with E-state index >= 15 is 4.39 Å². The molecule has 2 amide bonds. The van der Waals surface area contributed by atoms with Gasteiger partial charge in [-0.15, -0.1) is 0 Å². The number of benzene rings is 3. The summed E-state index contributed by atoms with van der Waals surface area (Å²) in [5.74, 6) is -0.596. The van der Waals surface area contributed by atoms with E-state index in [1.807, 2.05) is 44.2 Å². The van der Waals surface area contributed by atoms with Crippen LogP contribution in [0.4, 0.5) is 10.1 Å². The quantitative estimate of drug-likeness (QED) is 0.290. The highest BCUT2D eigenvalue weighted by atomic mass is 19.1. The maximum Gasteiger partial charge on any atom is 0.346 e. The van der Waals surface area contributed by atoms with Crippen LogP contribution in [0.25, 0.3) is 22.3 Å². The van der Waals surface area contributed by atoms with Crippen LogP contribution in [-0.2, 0) is 25.4 Å². The summed E-state index contributed by atoms with van der Waals surface area (Å²) in [6.07, 6.45) is 1.30. The van der Waals surface area contributed by atoms with E-state index < -0.39 is 28.7 Å². The maximum atomic E-state index is 15.6. The van der Waals surface area contributed by atoms with E-state index in [-0.39, 0.29) is 18.5 Å². The standard InChI is InChI=1S/C34H37FN6O5/c1-19-23(21-15-27(35)26(29(16-21)46-6)18-36-17-22-13-14-30(42)39(22)3)9-7-10-24(19)25-11-8-12-28(20(25)2)37-32(43)31-33(44)40(4)34(45)41(5)38-31/h7-12,15-16,22,36H,13-14,17-18H2,1-6H3,(H,37,43). The second-order valence-corrected chi connectivity index (χ2v) is 11.5. The second kappa shape index (κ2) is 13.1. The van der Waals surface area contributed by atoms with Gasteiger partial charge in [-0.2, -0.15) is 5.10 Å². The van der Waals surface area contributed by atoms with Crippen molar-refractivity contribution in [2.24, 2.45) is 14.1 Å². The van der Waals surface area contributed by atoms with E-state index in [4.69, 9.17) is 4.74 Å². The van der Waals surface area contributed by atoms with Crippen LogP contribution in [0.5, 0.6) is 5.75 Å². The SMILES string of the molecule is COc1cc(-c2cccc(-c3cccc(NC(=O)c4nn(C)c(=O)n(C)c4=O)c3C)c2C)cc(F)c1CNCC1CCC(=O)N1C. The molecule has 0 radical (unpaired) electrons. The van der Waals surface area contributed by atoms with Crippen LogP contribution < -0.4 is 26.6 Å². The molecule has 0 spiro atoms. The monoisotopic (exact) mass is 628 g/mol. The first kappa shape index (κ1) is 32.3. The number of carbonyl (C=O) groups is 2. The van der Waals surface area contributed by atoms with Crippen molar-refractivity contribution in [3.05, 3.63) is 97.6 Å². The lowest BCUT2D eigenvalue weighted by atomic mass is 9.90. The average molecular weight is 629 g/mol. The molecule has 1 saturated heterocycles. The molecule has 1 aliphatic heterocycles. The fraction of sp³-hybridized carbons (Fsp3) is 0.324. The summed E-state index contributed by atoms with van der Waals surface area (Å²) in [7, 11) is 5.96. The fourth-order valence-electron chi connectivity index (χ4n) is 5.91. The molecule has 1 aliphatic rings. The van der Waals surface area contributed by atoms with Crippen LogP contribution in [0, 0.1) is 19.7 Å². The Balaban J connectivity index is 1.42. The van der Waals surface area contributed by atoms with Crippen LogP contribution in [0.15, 0.2) is 58.1 Å². The number of amides is 2. The molecular weight excluding hydrogens is 591 g/mol. The number of aryl methyl sites for hydroxylation is 1. The van der Waals surface area contributed by atoms with Crippen molar-refractivity contribution in [2.75, 3.05) is 26.0 Å². The summed E-state index contributed by atoms with van der Waals surface area (Å²) < 4.78 is 23.0. The smallest absolute Gasteiger partial charge is 0.346 e. The largest absolute Gasteiger partial charge is 0.496 e. The molecule has 1 aromatic heterocycles. The van der Waals surface area contributed by atoms with E-state index in [1.165, 1.54) is 27.3 Å². The first-order valence-electron chi connectivity index (χ1n) is 14.9. The lowest BCUT2D eigenvalue weighted by Gasteiger charge is -2.21. The van der Waals surface area contributed by atoms with Crippen LogP contribution in [0.3, 0.4) is 0 Å². The Morgan fingerprint density at radius 1 is 1.00 bits per heavy atom. The number of likely N-dealkylation sites (tertiary alicyclic amines) is 1. The van der Waals surface area contributed by atoms with Gasteiger partial charge in [-0.05, 0) is 71.8 Å². The number of ether oxygens (including phenoxy) is 1. The number of anilines is 1. The van der Waals surface area contributed by atoms with Gasteiger partial charge in [0, 0.05) is 57.9 Å². The maximum absolute atomic E-state index is 15.6. The Hall–Kier alpha value is -5.10. The summed E-state index contributed by atoms with van der Waals surface area (Å²) in [4.78, 5) is 51.2. The van der Waals surface area contributed by atoms with Gasteiger partial charge in [0.2, 0.25) is 11.6 Å². The number of hydrogen-bond donors (Lipinski definition) is 2. The number of nitrogens with zero attached hydrogens (tertiary/aromatic N) is 4. The van der Waals surface area contributed by atoms with Crippen molar-refractivity contribution in [1.82, 2.24) is 24.6 Å². The summed E-state index contributed by atoms with van der Waals surface area (Å²) in [6.45, 7) is 4.62. The van der Waals surface area contributed by atoms with Crippen molar-refractivity contribution in [2.45, 2.75) is 39.3 Å². The molecule has 0 aliphatic carbocycles. The number of nitrogens with one attached hydrogen (secondary N) is 2. The summed E-state index contributed by atoms with van der Waals surface area (Å²) in [6, 6.07) is 14.6. The zero-order chi connectivity index (χ0) is 33.3. The van der Waals surface area contributed by atoms with Gasteiger partial charge in [-0.25, -0.2) is 13.9 Å². The number of likely N-dealkylation sites (N-methyl/N-ethyl adjacent to an activating group) is 1. The molecule has 2 N–H and O–H groups in total. The van der Waals surface area contributed by atoms with E-state index in [0.29, 0.717) is 35.5 Å². The molecule has 1 fully saturated rings. The predicted octanol–water partition coefficient (Wildman–Crippen LogP) is 3.54. The molecule has 4 aromatic rings. The number of methoxy groups -OCH3 is 1. The van der Waals surface area contributed by atoms with Crippen molar-refractivity contribution >= 4 is 17.5 Å². The normalized spacial score (nSPS) is 14.5. The van der Waals surface area contributed by atoms with Crippen LogP contribution in [-0.4, -0.2) is 57.8 Å². The zero-order valence-electron chi connectivity index (χ0n) is 26.7. The minimum absolute atomic E-state index is 0.0825. The van der Waals surface area contributed by atoms with Crippen LogP contribution in [0.1, 0.15) is 40.0 Å². The third-order valence-electron chi connectivity index (χ3n) is 8.74. The van der Waals surface area contributed by atoms with Gasteiger partial charge in [-0.1, -0.05) is 30.3 Å². The van der Waals surface area contributed by atoms with Crippen molar-refractivity contribution in [3.8, 4) is 28.0 Å². The van der Waals surface area contributed by atoms with Gasteiger partial charge in [0.05, 0.1) is 7.11 Å². The summed E-state index contributed by atoms with van der Waals surface area (Å²) >= 11 is 0. The number of halogens is 1. The fourth-order valence-corrected chi connectivity index (χ4v) is 5.91. The number of carbonyl (C=O) groups excluding carboxylic acids is 2. The van der Waals surface area contributed by atoms with Crippen molar-refractivity contribution in [3.63, 3.8) is 0 Å². The minimum Gasteiger partial charge on any atom is -0.496 e. The Bertz CT molecular complexity index is 1970. The van der Waals surface area contributed by atoms with Gasteiger partial charge < -0.3 is 20.3 Å². The summed E-state index contributed by atoms with van der Waals surface area (Å²) in [5, 5.41) is 9.91. The van der Waals surface area contributed by atoms with Crippen molar-refractivity contribution in [1.29, 1.82) is 0 Å². The molecule has 5 rings (SSSR count). The average Bonchev–Trinajstić information content (AvgIpc) is 3.36. The molecule has 3 aromatic carbocycles. The van der Waals surface area contributed by atoms with Gasteiger partial charge in [-0.3, -0.25) is 19.0 Å². The van der Waals surface area contributed by atoms with Crippen LogP contribution >= 0.6 is 0 Å². The predicted molar refractivity (Wildman–Crippen MR) is 173 cm³/mol. The van der Waals surface area contributed by atoms with Gasteiger partial charge in [0.25, 0.3) is 11.5 Å². The minimum atomic E-state index is -0.791. The van der Waals surface area contributed by atoms with E-state index in [2.05, 4.69) is 15.7 Å². The Labute approximate surface area is 265 Å². The van der Waals surface area contributed by atoms with Gasteiger partial charge in [0.1, 0.15) is 11.6 Å². The van der Waals surface area contributed by atoms with Gasteiger partial charge >= 0.3 is 5.69 Å². The second-order valence-electron chi connectivity index (χ2n) is 11.5. The highest BCUT2D eigenvalue weighted by Crippen LogP contribution is 2.37. The highest BCUT2D eigenvalue weighted by molar-refractivity contribution is 6.03. The number of aromatic nitrogens is 3. The van der Waals surface area contributed by atoms with E-state index in [9.17, 15) is 19.2 Å². The third-order valence-corrected chi connectivity index (χ3v) is 8.74. The molecule has 240 valence electrons. The Kier molecular flexibility index (Phi) is 9.19. The first-order chi connectivity index (χ1) is 21.9. The van der Waals surface area contributed by atoms with Gasteiger partial charge in [0.15, 0.2) is 0 Å². The number of hydrogen-bond acceptors (Lipinski definition) is 7. The molecule has 12 heteroatoms. The molecule has 2 heterocycles. The Morgan fingerprint density at radius 3 is 2.35 bits per heavy atom. The molecular formula is C34H37FN6O5. The zero-order valence-corrected chi connectivity index (χ0v) is 26.7. The van der Waals surface area contributed by atoms with Crippen LogP contribution in [0.2, 0.25) is 0 Å². The van der Waals surface area contributed by atoms with Crippen molar-refractivity contribution < 1.29 is 18.7 Å². The van der Waals surface area contributed by atoms with E-state index in [1.54, 1.807) is 24.1 Å². The molecule has 0 bridgehead atoms. The third kappa shape index (κ3) is 6.08. The van der Waals surface area contributed by atoms with E-state index in [0.717, 1.165) is 43.5 Å². The topological polar surface area (TPSA) is 128 Å². The summed E-state index contributed by atoms with van der Waals surface area (Å²) in [5.41, 5.74) is 3.88. The molecule has 46 heavy (non-hydrogen) atoms. The first-order valence-corrected chi connectivity index (χ1v) is 14.9. The molecule has 1 unspecified atom stereocenters. The highest BCUT2D eigenvalue weighted by Gasteiger charge is 2.27. The molecule has 0 saturated carbocycles.